The number of ether oxygens (including phenoxy) is 6. The SMILES string of the molecule is N#Cc1ccc(-c2ccc(C3CCC(OCOCC4CO4)CC3)cc2)cc1F.[C-]#[N+]c1c(-c2ccc(C3CCC(OCOCC4CO4)CC3)cc2)ccc(C)c1C#N. The van der Waals surface area contributed by atoms with Crippen LogP contribution in [0.15, 0.2) is 78.9 Å². The summed E-state index contributed by atoms with van der Waals surface area (Å²) in [5, 5.41) is 18.3. The largest absolute Gasteiger partial charge is 0.371 e. The van der Waals surface area contributed by atoms with Gasteiger partial charge in [-0.1, -0.05) is 66.7 Å². The zero-order chi connectivity index (χ0) is 40.3. The molecule has 0 bridgehead atoms. The summed E-state index contributed by atoms with van der Waals surface area (Å²) in [4.78, 5) is 3.64. The number of epoxide rings is 2. The Hall–Kier alpha value is -4.96. The van der Waals surface area contributed by atoms with Crippen molar-refractivity contribution < 1.29 is 32.8 Å². The number of halogens is 1. The lowest BCUT2D eigenvalue weighted by molar-refractivity contribution is -0.102. The van der Waals surface area contributed by atoms with Gasteiger partial charge in [-0.05, 0) is 121 Å². The second-order valence-electron chi connectivity index (χ2n) is 15.6. The van der Waals surface area contributed by atoms with Gasteiger partial charge in [0.15, 0.2) is 0 Å². The zero-order valence-electron chi connectivity index (χ0n) is 33.0. The van der Waals surface area contributed by atoms with E-state index in [0.29, 0.717) is 49.9 Å². The van der Waals surface area contributed by atoms with Gasteiger partial charge in [0.2, 0.25) is 5.69 Å². The highest BCUT2D eigenvalue weighted by atomic mass is 19.1. The Morgan fingerprint density at radius 2 is 1.17 bits per heavy atom. The Balaban J connectivity index is 0.000000177. The number of hydrogen-bond donors (Lipinski definition) is 0. The van der Waals surface area contributed by atoms with E-state index in [9.17, 15) is 9.65 Å². The second-order valence-corrected chi connectivity index (χ2v) is 15.6. The standard InChI is InChI=1S/C25H26N2O3.C23H24FNO3/c1-17-3-12-23(25(27-2)24(17)13-26)20-6-4-18(5-7-20)19-8-10-21(11-9-19)30-16-28-14-22-15-29-22;24-23-11-19(5-6-20(23)12-25)18-3-1-16(2-4-18)17-7-9-21(10-8-17)28-15-26-13-22-14-27-22/h3-7,12,19,21-22H,8-11,14-16H2,1H3;1-6,11,17,21-22H,7-10,13-15H2. The molecule has 0 aromatic heterocycles. The summed E-state index contributed by atoms with van der Waals surface area (Å²) in [7, 11) is 0. The van der Waals surface area contributed by atoms with Gasteiger partial charge in [0.1, 0.15) is 37.7 Å². The van der Waals surface area contributed by atoms with Gasteiger partial charge in [-0.3, -0.25) is 0 Å². The molecule has 2 aliphatic carbocycles. The lowest BCUT2D eigenvalue weighted by Gasteiger charge is -2.28. The highest BCUT2D eigenvalue weighted by Gasteiger charge is 2.26. The molecule has 0 amide bonds. The van der Waals surface area contributed by atoms with Crippen LogP contribution in [-0.4, -0.2) is 64.4 Å². The van der Waals surface area contributed by atoms with Crippen LogP contribution in [0.1, 0.15) is 91.0 Å². The van der Waals surface area contributed by atoms with Gasteiger partial charge in [0, 0.05) is 0 Å². The highest BCUT2D eigenvalue weighted by Crippen LogP contribution is 2.39. The first kappa shape index (κ1) is 41.2. The van der Waals surface area contributed by atoms with Crippen LogP contribution >= 0.6 is 0 Å². The minimum atomic E-state index is -0.476. The molecule has 9 nitrogen and oxygen atoms in total. The molecular formula is C48H50FN3O6. The molecule has 4 aromatic carbocycles. The van der Waals surface area contributed by atoms with Crippen LogP contribution in [0.3, 0.4) is 0 Å². The maximum absolute atomic E-state index is 13.8. The average Bonchev–Trinajstić information content (AvgIpc) is 4.22. The number of hydrogen-bond acceptors (Lipinski definition) is 8. The normalized spacial score (nSPS) is 23.4. The van der Waals surface area contributed by atoms with E-state index in [1.807, 2.05) is 37.3 Å². The molecular weight excluding hydrogens is 734 g/mol. The van der Waals surface area contributed by atoms with Crippen molar-refractivity contribution in [3.8, 4) is 34.4 Å². The van der Waals surface area contributed by atoms with Gasteiger partial charge in [-0.25, -0.2) is 9.24 Å². The van der Waals surface area contributed by atoms with Gasteiger partial charge in [0.25, 0.3) is 0 Å². The molecule has 2 atom stereocenters. The Bertz CT molecular complexity index is 2100. The molecule has 4 aromatic rings. The van der Waals surface area contributed by atoms with E-state index in [1.165, 1.54) is 23.3 Å². The maximum atomic E-state index is 13.8. The highest BCUT2D eigenvalue weighted by molar-refractivity contribution is 5.83. The molecule has 2 unspecified atom stereocenters. The number of nitriles is 2. The summed E-state index contributed by atoms with van der Waals surface area (Å²) >= 11 is 0. The van der Waals surface area contributed by atoms with E-state index in [-0.39, 0.29) is 30.0 Å². The Kier molecular flexibility index (Phi) is 14.3. The third-order valence-electron chi connectivity index (χ3n) is 11.6. The summed E-state index contributed by atoms with van der Waals surface area (Å²) in [6.07, 6.45) is 9.68. The molecule has 0 spiro atoms. The summed E-state index contributed by atoms with van der Waals surface area (Å²) in [6.45, 7) is 13.0. The molecule has 4 aliphatic rings. The Labute approximate surface area is 341 Å². The Morgan fingerprint density at radius 3 is 1.62 bits per heavy atom. The van der Waals surface area contributed by atoms with Gasteiger partial charge < -0.3 is 28.4 Å². The van der Waals surface area contributed by atoms with Gasteiger partial charge >= 0.3 is 0 Å². The van der Waals surface area contributed by atoms with Crippen molar-refractivity contribution in [1.82, 2.24) is 0 Å². The average molecular weight is 784 g/mol. The molecule has 2 aliphatic heterocycles. The first-order chi connectivity index (χ1) is 28.4. The summed E-state index contributed by atoms with van der Waals surface area (Å²) < 4.78 is 46.7. The van der Waals surface area contributed by atoms with Crippen LogP contribution in [0, 0.1) is 42.0 Å². The fraction of sp³-hybridized carbons (Fsp3) is 0.438. The molecule has 0 radical (unpaired) electrons. The third kappa shape index (κ3) is 11.2. The number of nitrogens with zero attached hydrogens (tertiary/aromatic N) is 3. The van der Waals surface area contributed by atoms with Gasteiger partial charge in [0.05, 0.1) is 62.4 Å². The van der Waals surface area contributed by atoms with Crippen LogP contribution in [-0.2, 0) is 28.4 Å². The maximum Gasteiger partial charge on any atom is 0.212 e. The fourth-order valence-electron chi connectivity index (χ4n) is 7.95. The quantitative estimate of drug-likeness (QED) is 0.0538. The topological polar surface area (TPSA) is 114 Å². The molecule has 2 saturated heterocycles. The molecule has 2 saturated carbocycles. The number of rotatable bonds is 14. The monoisotopic (exact) mass is 783 g/mol. The van der Waals surface area contributed by atoms with E-state index in [0.717, 1.165) is 92.4 Å². The summed E-state index contributed by atoms with van der Waals surface area (Å²) in [5.41, 5.74) is 8.03. The number of aryl methyl sites for hydroxylation is 1. The van der Waals surface area contributed by atoms with E-state index < -0.39 is 5.82 Å². The Morgan fingerprint density at radius 1 is 0.672 bits per heavy atom. The smallest absolute Gasteiger partial charge is 0.212 e. The van der Waals surface area contributed by atoms with Crippen LogP contribution in [0.2, 0.25) is 0 Å². The first-order valence-corrected chi connectivity index (χ1v) is 20.4. The molecule has 2 heterocycles. The van der Waals surface area contributed by atoms with Crippen molar-refractivity contribution in [2.75, 3.05) is 40.0 Å². The van der Waals surface area contributed by atoms with Gasteiger partial charge in [-0.15, -0.1) is 0 Å². The zero-order valence-corrected chi connectivity index (χ0v) is 33.0. The van der Waals surface area contributed by atoms with Crippen LogP contribution in [0.4, 0.5) is 10.1 Å². The van der Waals surface area contributed by atoms with Gasteiger partial charge in [-0.2, -0.15) is 10.5 Å². The molecule has 10 heteroatoms. The molecule has 4 fully saturated rings. The summed E-state index contributed by atoms with van der Waals surface area (Å²) in [5.74, 6) is 0.594. The lowest BCUT2D eigenvalue weighted by Crippen LogP contribution is -2.22. The van der Waals surface area contributed by atoms with E-state index >= 15 is 0 Å². The molecule has 300 valence electrons. The molecule has 58 heavy (non-hydrogen) atoms. The fourth-order valence-corrected chi connectivity index (χ4v) is 7.95. The minimum Gasteiger partial charge on any atom is -0.371 e. The summed E-state index contributed by atoms with van der Waals surface area (Å²) in [6, 6.07) is 29.5. The third-order valence-corrected chi connectivity index (χ3v) is 11.6. The van der Waals surface area contributed by atoms with E-state index in [2.05, 4.69) is 47.3 Å². The van der Waals surface area contributed by atoms with Crippen molar-refractivity contribution in [1.29, 1.82) is 10.5 Å². The predicted molar refractivity (Wildman–Crippen MR) is 217 cm³/mol. The van der Waals surface area contributed by atoms with Crippen LogP contribution in [0.5, 0.6) is 0 Å². The first-order valence-electron chi connectivity index (χ1n) is 20.4. The number of benzene rings is 4. The van der Waals surface area contributed by atoms with Crippen molar-refractivity contribution >= 4 is 5.69 Å². The van der Waals surface area contributed by atoms with Crippen molar-refractivity contribution in [3.63, 3.8) is 0 Å². The van der Waals surface area contributed by atoms with Crippen molar-refractivity contribution in [3.05, 3.63) is 124 Å². The van der Waals surface area contributed by atoms with Crippen LogP contribution in [0.25, 0.3) is 27.1 Å². The lowest BCUT2D eigenvalue weighted by atomic mass is 9.82. The molecule has 0 N–H and O–H groups in total. The second kappa shape index (κ2) is 20.1. The van der Waals surface area contributed by atoms with Crippen molar-refractivity contribution in [2.45, 2.75) is 94.5 Å². The van der Waals surface area contributed by atoms with E-state index in [1.54, 1.807) is 6.07 Å². The predicted octanol–water partition coefficient (Wildman–Crippen LogP) is 10.3. The van der Waals surface area contributed by atoms with Crippen LogP contribution < -0.4 is 0 Å². The molecule has 8 rings (SSSR count). The van der Waals surface area contributed by atoms with E-state index in [4.69, 9.17) is 40.3 Å². The van der Waals surface area contributed by atoms with Crippen molar-refractivity contribution in [2.24, 2.45) is 0 Å². The minimum absolute atomic E-state index is 0.0746.